The predicted molar refractivity (Wildman–Crippen MR) is 61.3 cm³/mol. The van der Waals surface area contributed by atoms with E-state index >= 15 is 0 Å². The molecule has 1 aliphatic rings. The van der Waals surface area contributed by atoms with Gasteiger partial charge in [0.1, 0.15) is 5.84 Å². The van der Waals surface area contributed by atoms with Crippen LogP contribution in [0.15, 0.2) is 5.16 Å². The molecule has 1 rings (SSSR count). The summed E-state index contributed by atoms with van der Waals surface area (Å²) in [5.74, 6) is -0.270. The monoisotopic (exact) mass is 228 g/mol. The third-order valence-corrected chi connectivity index (χ3v) is 3.32. The zero-order chi connectivity index (χ0) is 12.2. The number of nitrogens with two attached hydrogens (primary N) is 1. The Labute approximate surface area is 95.5 Å². The number of amidine groups is 1. The quantitative estimate of drug-likeness (QED) is 0.261. The highest BCUT2D eigenvalue weighted by Gasteiger charge is 2.39. The van der Waals surface area contributed by atoms with Gasteiger partial charge in [-0.05, 0) is 33.4 Å². The molecule has 4 N–H and O–H groups in total. The van der Waals surface area contributed by atoms with Crippen LogP contribution in [0.1, 0.15) is 25.7 Å². The molecule has 1 fully saturated rings. The molecule has 0 aliphatic heterocycles. The van der Waals surface area contributed by atoms with Crippen molar-refractivity contribution in [1.29, 1.82) is 0 Å². The van der Waals surface area contributed by atoms with Gasteiger partial charge in [-0.25, -0.2) is 0 Å². The highest BCUT2D eigenvalue weighted by molar-refractivity contribution is 5.98. The molecule has 92 valence electrons. The third kappa shape index (κ3) is 2.85. The summed E-state index contributed by atoms with van der Waals surface area (Å²) in [6.07, 6.45) is 3.35. The van der Waals surface area contributed by atoms with Crippen LogP contribution in [0.2, 0.25) is 0 Å². The van der Waals surface area contributed by atoms with E-state index in [1.807, 2.05) is 14.1 Å². The Kier molecular flexibility index (Phi) is 4.12. The average Bonchev–Trinajstić information content (AvgIpc) is 2.15. The first-order valence-electron chi connectivity index (χ1n) is 5.41. The lowest BCUT2D eigenvalue weighted by Crippen LogP contribution is -2.57. The fourth-order valence-corrected chi connectivity index (χ4v) is 1.89. The van der Waals surface area contributed by atoms with E-state index in [-0.39, 0.29) is 23.7 Å². The number of carbonyl (C=O) groups is 1. The van der Waals surface area contributed by atoms with Crippen LogP contribution in [-0.4, -0.2) is 48.0 Å². The van der Waals surface area contributed by atoms with Crippen LogP contribution in [0.4, 0.5) is 0 Å². The van der Waals surface area contributed by atoms with E-state index in [1.165, 1.54) is 6.42 Å². The molecule has 0 atom stereocenters. The van der Waals surface area contributed by atoms with Crippen LogP contribution in [-0.2, 0) is 4.79 Å². The van der Waals surface area contributed by atoms with Gasteiger partial charge < -0.3 is 21.2 Å². The molecule has 0 heterocycles. The smallest absolute Gasteiger partial charge is 0.227 e. The van der Waals surface area contributed by atoms with Gasteiger partial charge in [0.15, 0.2) is 0 Å². The SMILES string of the molecule is CN(C)C1(CNC(=O)CC(N)=NO)CCC1. The number of amides is 1. The van der Waals surface area contributed by atoms with Crippen molar-refractivity contribution in [3.63, 3.8) is 0 Å². The van der Waals surface area contributed by atoms with E-state index < -0.39 is 0 Å². The molecule has 0 aromatic rings. The Hall–Kier alpha value is -1.30. The molecule has 1 saturated carbocycles. The molecule has 0 aromatic heterocycles. The number of likely N-dealkylation sites (N-methyl/N-ethyl adjacent to an activating group) is 1. The molecule has 1 amide bonds. The molecule has 0 saturated heterocycles. The maximum Gasteiger partial charge on any atom is 0.227 e. The summed E-state index contributed by atoms with van der Waals surface area (Å²) in [5, 5.41) is 13.9. The average molecular weight is 228 g/mol. The highest BCUT2D eigenvalue weighted by atomic mass is 16.4. The summed E-state index contributed by atoms with van der Waals surface area (Å²) in [6, 6.07) is 0. The minimum absolute atomic E-state index is 0.0555. The van der Waals surface area contributed by atoms with Crippen LogP contribution in [0.25, 0.3) is 0 Å². The molecule has 6 heteroatoms. The van der Waals surface area contributed by atoms with Crippen LogP contribution in [0.3, 0.4) is 0 Å². The van der Waals surface area contributed by atoms with Gasteiger partial charge in [0.2, 0.25) is 5.91 Å². The zero-order valence-electron chi connectivity index (χ0n) is 9.86. The van der Waals surface area contributed by atoms with Crippen molar-refractivity contribution in [2.45, 2.75) is 31.2 Å². The fraction of sp³-hybridized carbons (Fsp3) is 0.800. The van der Waals surface area contributed by atoms with Gasteiger partial charge in [0.25, 0.3) is 0 Å². The van der Waals surface area contributed by atoms with E-state index in [0.29, 0.717) is 6.54 Å². The van der Waals surface area contributed by atoms with Crippen molar-refractivity contribution in [3.05, 3.63) is 0 Å². The molecule has 0 spiro atoms. The van der Waals surface area contributed by atoms with Gasteiger partial charge >= 0.3 is 0 Å². The van der Waals surface area contributed by atoms with Crippen LogP contribution >= 0.6 is 0 Å². The molecule has 6 nitrogen and oxygen atoms in total. The number of hydrogen-bond acceptors (Lipinski definition) is 4. The van der Waals surface area contributed by atoms with E-state index in [1.54, 1.807) is 0 Å². The van der Waals surface area contributed by atoms with Gasteiger partial charge in [-0.1, -0.05) is 5.16 Å². The number of rotatable bonds is 5. The van der Waals surface area contributed by atoms with Gasteiger partial charge in [0.05, 0.1) is 6.42 Å². The van der Waals surface area contributed by atoms with Crippen molar-refractivity contribution in [1.82, 2.24) is 10.2 Å². The summed E-state index contributed by atoms with van der Waals surface area (Å²) in [4.78, 5) is 13.6. The first-order chi connectivity index (χ1) is 7.50. The lowest BCUT2D eigenvalue weighted by atomic mass is 9.75. The van der Waals surface area contributed by atoms with Crippen molar-refractivity contribution >= 4 is 11.7 Å². The summed E-state index contributed by atoms with van der Waals surface area (Å²) < 4.78 is 0. The summed E-state index contributed by atoms with van der Waals surface area (Å²) in [5.41, 5.74) is 5.35. The predicted octanol–water partition coefficient (Wildman–Crippen LogP) is -0.277. The summed E-state index contributed by atoms with van der Waals surface area (Å²) >= 11 is 0. The number of carbonyl (C=O) groups excluding carboxylic acids is 1. The van der Waals surface area contributed by atoms with Gasteiger partial charge in [0, 0.05) is 12.1 Å². The summed E-state index contributed by atoms with van der Waals surface area (Å²) in [7, 11) is 4.05. The molecule has 0 radical (unpaired) electrons. The fourth-order valence-electron chi connectivity index (χ4n) is 1.89. The van der Waals surface area contributed by atoms with Crippen molar-refractivity contribution in [2.24, 2.45) is 10.9 Å². The number of nitrogens with one attached hydrogen (secondary N) is 1. The van der Waals surface area contributed by atoms with Gasteiger partial charge in [-0.15, -0.1) is 0 Å². The molecule has 0 bridgehead atoms. The second kappa shape index (κ2) is 5.16. The van der Waals surface area contributed by atoms with Crippen LogP contribution in [0.5, 0.6) is 0 Å². The minimum Gasteiger partial charge on any atom is -0.409 e. The Morgan fingerprint density at radius 2 is 2.19 bits per heavy atom. The maximum atomic E-state index is 11.4. The second-order valence-corrected chi connectivity index (χ2v) is 4.52. The Morgan fingerprint density at radius 1 is 1.56 bits per heavy atom. The van der Waals surface area contributed by atoms with E-state index in [2.05, 4.69) is 15.4 Å². The van der Waals surface area contributed by atoms with E-state index in [0.717, 1.165) is 12.8 Å². The lowest BCUT2D eigenvalue weighted by molar-refractivity contribution is -0.121. The first-order valence-corrected chi connectivity index (χ1v) is 5.41. The standard InChI is InChI=1S/C10H20N4O2/c1-14(2)10(4-3-5-10)7-12-9(15)6-8(11)13-16/h16H,3-7H2,1-2H3,(H2,11,13)(H,12,15). The Balaban J connectivity index is 2.36. The molecular weight excluding hydrogens is 208 g/mol. The molecule has 0 unspecified atom stereocenters. The summed E-state index contributed by atoms with van der Waals surface area (Å²) in [6.45, 7) is 0.623. The van der Waals surface area contributed by atoms with Gasteiger partial charge in [-0.2, -0.15) is 0 Å². The molecule has 1 aliphatic carbocycles. The van der Waals surface area contributed by atoms with Crippen molar-refractivity contribution in [3.8, 4) is 0 Å². The van der Waals surface area contributed by atoms with Crippen LogP contribution in [0, 0.1) is 0 Å². The number of oxime groups is 1. The third-order valence-electron chi connectivity index (χ3n) is 3.32. The van der Waals surface area contributed by atoms with Crippen LogP contribution < -0.4 is 11.1 Å². The second-order valence-electron chi connectivity index (χ2n) is 4.52. The normalized spacial score (nSPS) is 19.3. The molecular formula is C10H20N4O2. The molecule has 16 heavy (non-hydrogen) atoms. The van der Waals surface area contributed by atoms with E-state index in [9.17, 15) is 4.79 Å². The van der Waals surface area contributed by atoms with Crippen molar-refractivity contribution < 1.29 is 10.0 Å². The lowest BCUT2D eigenvalue weighted by Gasteiger charge is -2.47. The number of nitrogens with zero attached hydrogens (tertiary/aromatic N) is 2. The topological polar surface area (TPSA) is 91.0 Å². The first kappa shape index (κ1) is 12.8. The zero-order valence-corrected chi connectivity index (χ0v) is 9.86. The Morgan fingerprint density at radius 3 is 2.56 bits per heavy atom. The Bertz CT molecular complexity index is 285. The minimum atomic E-state index is -0.205. The number of hydrogen-bond donors (Lipinski definition) is 3. The highest BCUT2D eigenvalue weighted by Crippen LogP contribution is 2.35. The van der Waals surface area contributed by atoms with Crippen molar-refractivity contribution in [2.75, 3.05) is 20.6 Å². The largest absolute Gasteiger partial charge is 0.409 e. The molecule has 0 aromatic carbocycles. The van der Waals surface area contributed by atoms with Gasteiger partial charge in [-0.3, -0.25) is 4.79 Å². The van der Waals surface area contributed by atoms with E-state index in [4.69, 9.17) is 10.9 Å². The maximum absolute atomic E-state index is 11.4.